The van der Waals surface area contributed by atoms with Crippen LogP contribution >= 0.6 is 0 Å². The quantitative estimate of drug-likeness (QED) is 0.680. The number of likely N-dealkylation sites (tertiary alicyclic amines) is 1. The highest BCUT2D eigenvalue weighted by molar-refractivity contribution is 4.73. The molecule has 0 aromatic rings. The highest BCUT2D eigenvalue weighted by Crippen LogP contribution is 2.22. The number of hydrogen-bond acceptors (Lipinski definition) is 2. The van der Waals surface area contributed by atoms with Gasteiger partial charge in [0.05, 0.1) is 0 Å². The minimum atomic E-state index is 0.825. The Balaban J connectivity index is 2.07. The van der Waals surface area contributed by atoms with Gasteiger partial charge in [0.15, 0.2) is 0 Å². The molecular weight excluding hydrogens is 184 g/mol. The summed E-state index contributed by atoms with van der Waals surface area (Å²) in [7, 11) is 2.05. The van der Waals surface area contributed by atoms with Crippen molar-refractivity contribution in [3.05, 3.63) is 0 Å². The van der Waals surface area contributed by atoms with Crippen LogP contribution in [0.3, 0.4) is 0 Å². The molecule has 0 unspecified atom stereocenters. The maximum absolute atomic E-state index is 3.23. The first kappa shape index (κ1) is 13.0. The molecule has 0 amide bonds. The molecule has 0 spiro atoms. The van der Waals surface area contributed by atoms with E-state index in [1.54, 1.807) is 0 Å². The summed E-state index contributed by atoms with van der Waals surface area (Å²) in [5, 5.41) is 3.23. The van der Waals surface area contributed by atoms with Crippen molar-refractivity contribution in [3.63, 3.8) is 0 Å². The van der Waals surface area contributed by atoms with Gasteiger partial charge in [-0.05, 0) is 64.2 Å². The second-order valence-electron chi connectivity index (χ2n) is 5.38. The molecule has 1 saturated heterocycles. The van der Waals surface area contributed by atoms with E-state index in [0.29, 0.717) is 0 Å². The maximum Gasteiger partial charge on any atom is 0.000439 e. The summed E-state index contributed by atoms with van der Waals surface area (Å²) in [6.07, 6.45) is 5.63. The number of nitrogens with one attached hydrogen (secondary N) is 1. The summed E-state index contributed by atoms with van der Waals surface area (Å²) >= 11 is 0. The van der Waals surface area contributed by atoms with Crippen LogP contribution in [0.4, 0.5) is 0 Å². The van der Waals surface area contributed by atoms with E-state index >= 15 is 0 Å². The summed E-state index contributed by atoms with van der Waals surface area (Å²) < 4.78 is 0. The Kier molecular flexibility index (Phi) is 6.26. The third-order valence-corrected chi connectivity index (χ3v) is 3.37. The van der Waals surface area contributed by atoms with Gasteiger partial charge in [-0.15, -0.1) is 0 Å². The van der Waals surface area contributed by atoms with Gasteiger partial charge in [0.1, 0.15) is 0 Å². The molecule has 2 heteroatoms. The summed E-state index contributed by atoms with van der Waals surface area (Å²) in [5.41, 5.74) is 0. The molecule has 15 heavy (non-hydrogen) atoms. The zero-order valence-electron chi connectivity index (χ0n) is 10.8. The third kappa shape index (κ3) is 5.53. The van der Waals surface area contributed by atoms with Crippen molar-refractivity contribution in [2.24, 2.45) is 11.8 Å². The summed E-state index contributed by atoms with van der Waals surface area (Å²) in [4.78, 5) is 2.64. The largest absolute Gasteiger partial charge is 0.320 e. The van der Waals surface area contributed by atoms with Crippen LogP contribution in [0.2, 0.25) is 0 Å². The standard InChI is InChI=1S/C13H28N2/c1-12(2)11-15-9-6-13(7-10-15)5-4-8-14-3/h12-14H,4-11H2,1-3H3. The number of hydrogen-bond donors (Lipinski definition) is 1. The fourth-order valence-corrected chi connectivity index (χ4v) is 2.54. The molecule has 90 valence electrons. The molecule has 0 aromatic carbocycles. The number of rotatable bonds is 6. The van der Waals surface area contributed by atoms with Crippen LogP contribution in [0, 0.1) is 11.8 Å². The van der Waals surface area contributed by atoms with E-state index in [2.05, 4.69) is 24.1 Å². The summed E-state index contributed by atoms with van der Waals surface area (Å²) in [6, 6.07) is 0. The van der Waals surface area contributed by atoms with Gasteiger partial charge in [0.2, 0.25) is 0 Å². The van der Waals surface area contributed by atoms with E-state index in [-0.39, 0.29) is 0 Å². The average Bonchev–Trinajstić information content (AvgIpc) is 2.20. The molecule has 0 bridgehead atoms. The van der Waals surface area contributed by atoms with Crippen LogP contribution in [-0.4, -0.2) is 38.1 Å². The van der Waals surface area contributed by atoms with Gasteiger partial charge in [-0.3, -0.25) is 0 Å². The molecular formula is C13H28N2. The molecule has 1 rings (SSSR count). The molecule has 1 heterocycles. The normalized spacial score (nSPS) is 20.0. The molecule has 0 atom stereocenters. The maximum atomic E-state index is 3.23. The first-order valence-electron chi connectivity index (χ1n) is 6.59. The Morgan fingerprint density at radius 1 is 1.27 bits per heavy atom. The molecule has 0 radical (unpaired) electrons. The van der Waals surface area contributed by atoms with E-state index < -0.39 is 0 Å². The lowest BCUT2D eigenvalue weighted by Crippen LogP contribution is -2.36. The SMILES string of the molecule is CNCCCC1CCN(CC(C)C)CC1. The molecule has 1 aliphatic rings. The predicted molar refractivity (Wildman–Crippen MR) is 67.2 cm³/mol. The van der Waals surface area contributed by atoms with Gasteiger partial charge in [0.25, 0.3) is 0 Å². The zero-order chi connectivity index (χ0) is 11.1. The van der Waals surface area contributed by atoms with Crippen molar-refractivity contribution < 1.29 is 0 Å². The Hall–Kier alpha value is -0.0800. The topological polar surface area (TPSA) is 15.3 Å². The van der Waals surface area contributed by atoms with Crippen LogP contribution in [-0.2, 0) is 0 Å². The van der Waals surface area contributed by atoms with E-state index in [9.17, 15) is 0 Å². The van der Waals surface area contributed by atoms with Gasteiger partial charge in [-0.1, -0.05) is 13.8 Å². The van der Waals surface area contributed by atoms with Crippen molar-refractivity contribution in [1.29, 1.82) is 0 Å². The van der Waals surface area contributed by atoms with Gasteiger partial charge in [0, 0.05) is 6.54 Å². The number of nitrogens with zero attached hydrogens (tertiary/aromatic N) is 1. The number of piperidine rings is 1. The van der Waals surface area contributed by atoms with Crippen LogP contribution in [0.25, 0.3) is 0 Å². The molecule has 2 nitrogen and oxygen atoms in total. The van der Waals surface area contributed by atoms with E-state index in [1.807, 2.05) is 7.05 Å². The fourth-order valence-electron chi connectivity index (χ4n) is 2.54. The van der Waals surface area contributed by atoms with Crippen LogP contribution in [0.5, 0.6) is 0 Å². The zero-order valence-corrected chi connectivity index (χ0v) is 10.8. The Morgan fingerprint density at radius 2 is 1.93 bits per heavy atom. The van der Waals surface area contributed by atoms with Crippen molar-refractivity contribution in [1.82, 2.24) is 10.2 Å². The van der Waals surface area contributed by atoms with E-state index in [0.717, 1.165) is 11.8 Å². The molecule has 0 aromatic heterocycles. The second kappa shape index (κ2) is 7.24. The van der Waals surface area contributed by atoms with Gasteiger partial charge >= 0.3 is 0 Å². The highest BCUT2D eigenvalue weighted by Gasteiger charge is 2.18. The van der Waals surface area contributed by atoms with Crippen molar-refractivity contribution in [2.45, 2.75) is 39.5 Å². The summed E-state index contributed by atoms with van der Waals surface area (Å²) in [5.74, 6) is 1.83. The molecule has 0 aliphatic carbocycles. The van der Waals surface area contributed by atoms with E-state index in [4.69, 9.17) is 0 Å². The third-order valence-electron chi connectivity index (χ3n) is 3.37. The monoisotopic (exact) mass is 212 g/mol. The van der Waals surface area contributed by atoms with Crippen LogP contribution in [0.1, 0.15) is 39.5 Å². The molecule has 0 saturated carbocycles. The van der Waals surface area contributed by atoms with Gasteiger partial charge in [-0.2, -0.15) is 0 Å². The molecule has 1 N–H and O–H groups in total. The minimum Gasteiger partial charge on any atom is -0.320 e. The van der Waals surface area contributed by atoms with Crippen LogP contribution < -0.4 is 5.32 Å². The first-order valence-corrected chi connectivity index (χ1v) is 6.59. The van der Waals surface area contributed by atoms with Crippen molar-refractivity contribution in [2.75, 3.05) is 33.2 Å². The van der Waals surface area contributed by atoms with Crippen molar-refractivity contribution in [3.8, 4) is 0 Å². The first-order chi connectivity index (χ1) is 7.22. The predicted octanol–water partition coefficient (Wildman–Crippen LogP) is 2.35. The Labute approximate surface area is 95.4 Å². The van der Waals surface area contributed by atoms with Crippen LogP contribution in [0.15, 0.2) is 0 Å². The molecule has 1 fully saturated rings. The smallest absolute Gasteiger partial charge is 0.000439 e. The van der Waals surface area contributed by atoms with Crippen molar-refractivity contribution >= 4 is 0 Å². The molecule has 1 aliphatic heterocycles. The van der Waals surface area contributed by atoms with E-state index in [1.165, 1.54) is 51.9 Å². The minimum absolute atomic E-state index is 0.825. The second-order valence-corrected chi connectivity index (χ2v) is 5.38. The lowest BCUT2D eigenvalue weighted by Gasteiger charge is -2.33. The Bertz CT molecular complexity index is 149. The average molecular weight is 212 g/mol. The lowest BCUT2D eigenvalue weighted by molar-refractivity contribution is 0.162. The highest BCUT2D eigenvalue weighted by atomic mass is 15.1. The van der Waals surface area contributed by atoms with Gasteiger partial charge in [-0.25, -0.2) is 0 Å². The fraction of sp³-hybridized carbons (Fsp3) is 1.00. The van der Waals surface area contributed by atoms with Gasteiger partial charge < -0.3 is 10.2 Å². The summed E-state index contributed by atoms with van der Waals surface area (Å²) in [6.45, 7) is 9.79. The Morgan fingerprint density at radius 3 is 2.47 bits per heavy atom. The lowest BCUT2D eigenvalue weighted by atomic mass is 9.92.